The highest BCUT2D eigenvalue weighted by atomic mass is 35.5. The molecule has 1 unspecified atom stereocenters. The summed E-state index contributed by atoms with van der Waals surface area (Å²) in [6, 6.07) is 5.97. The third kappa shape index (κ3) is 4.54. The van der Waals surface area contributed by atoms with Crippen molar-refractivity contribution in [3.05, 3.63) is 28.8 Å². The van der Waals surface area contributed by atoms with Gasteiger partial charge in [0.25, 0.3) is 0 Å². The van der Waals surface area contributed by atoms with Crippen LogP contribution in [0.3, 0.4) is 0 Å². The van der Waals surface area contributed by atoms with Gasteiger partial charge in [0.1, 0.15) is 12.4 Å². The summed E-state index contributed by atoms with van der Waals surface area (Å²) in [6.07, 6.45) is 0. The summed E-state index contributed by atoms with van der Waals surface area (Å²) in [5.41, 5.74) is 1.10. The minimum Gasteiger partial charge on any atom is -0.492 e. The van der Waals surface area contributed by atoms with Crippen molar-refractivity contribution < 1.29 is 4.74 Å². The molecule has 0 spiro atoms. The number of ether oxygens (including phenoxy) is 1. The van der Waals surface area contributed by atoms with E-state index in [2.05, 4.69) is 17.1 Å². The number of benzene rings is 1. The molecule has 0 amide bonds. The topological polar surface area (TPSA) is 24.5 Å². The largest absolute Gasteiger partial charge is 0.492 e. The first-order valence-electron chi connectivity index (χ1n) is 5.79. The van der Waals surface area contributed by atoms with E-state index in [0.717, 1.165) is 22.9 Å². The van der Waals surface area contributed by atoms with E-state index in [-0.39, 0.29) is 6.04 Å². The van der Waals surface area contributed by atoms with Crippen molar-refractivity contribution in [2.45, 2.75) is 13.0 Å². The molecule has 0 heterocycles. The number of hydrogen-bond donors (Lipinski definition) is 1. The Labute approximate surface area is 109 Å². The first-order chi connectivity index (χ1) is 8.04. The number of nitrogens with one attached hydrogen (secondary N) is 1. The standard InChI is InChI=1S/C13H21ClN2O/c1-10(15-2)12-9-11(14)5-6-13(12)17-8-7-16(3)4/h5-6,9-10,15H,7-8H2,1-4H3. The molecule has 0 fully saturated rings. The molecule has 0 aromatic heterocycles. The molecule has 96 valence electrons. The van der Waals surface area contributed by atoms with E-state index in [1.54, 1.807) is 0 Å². The molecule has 1 aromatic carbocycles. The van der Waals surface area contributed by atoms with Crippen LogP contribution in [-0.4, -0.2) is 39.2 Å². The van der Waals surface area contributed by atoms with Gasteiger partial charge < -0.3 is 15.0 Å². The zero-order valence-corrected chi connectivity index (χ0v) is 11.7. The highest BCUT2D eigenvalue weighted by Crippen LogP contribution is 2.28. The van der Waals surface area contributed by atoms with E-state index in [9.17, 15) is 0 Å². The number of nitrogens with zero attached hydrogens (tertiary/aromatic N) is 1. The quantitative estimate of drug-likeness (QED) is 0.847. The highest BCUT2D eigenvalue weighted by molar-refractivity contribution is 6.30. The zero-order valence-electron chi connectivity index (χ0n) is 11.0. The fraction of sp³-hybridized carbons (Fsp3) is 0.538. The van der Waals surface area contributed by atoms with Crippen LogP contribution in [-0.2, 0) is 0 Å². The summed E-state index contributed by atoms with van der Waals surface area (Å²) in [6.45, 7) is 3.67. The first kappa shape index (κ1) is 14.3. The molecule has 0 aliphatic rings. The normalized spacial score (nSPS) is 12.8. The van der Waals surface area contributed by atoms with E-state index in [1.807, 2.05) is 39.3 Å². The molecule has 0 aliphatic carbocycles. The molecule has 1 rings (SSSR count). The van der Waals surface area contributed by atoms with Gasteiger partial charge in [-0.25, -0.2) is 0 Å². The van der Waals surface area contributed by atoms with E-state index >= 15 is 0 Å². The minimum absolute atomic E-state index is 0.225. The number of hydrogen-bond acceptors (Lipinski definition) is 3. The molecule has 0 saturated heterocycles. The van der Waals surface area contributed by atoms with Crippen LogP contribution in [0.15, 0.2) is 18.2 Å². The molecule has 3 nitrogen and oxygen atoms in total. The van der Waals surface area contributed by atoms with Crippen LogP contribution in [0.2, 0.25) is 5.02 Å². The second-order valence-corrected chi connectivity index (χ2v) is 4.78. The lowest BCUT2D eigenvalue weighted by atomic mass is 10.1. The van der Waals surface area contributed by atoms with Gasteiger partial charge in [0, 0.05) is 23.2 Å². The van der Waals surface area contributed by atoms with Gasteiger partial charge in [-0.2, -0.15) is 0 Å². The van der Waals surface area contributed by atoms with Gasteiger partial charge in [0.15, 0.2) is 0 Å². The van der Waals surface area contributed by atoms with Crippen molar-refractivity contribution in [2.24, 2.45) is 0 Å². The van der Waals surface area contributed by atoms with E-state index in [0.29, 0.717) is 6.61 Å². The molecule has 0 radical (unpaired) electrons. The second-order valence-electron chi connectivity index (χ2n) is 4.34. The van der Waals surface area contributed by atoms with Crippen molar-refractivity contribution in [1.82, 2.24) is 10.2 Å². The van der Waals surface area contributed by atoms with Crippen molar-refractivity contribution in [2.75, 3.05) is 34.3 Å². The fourth-order valence-electron chi connectivity index (χ4n) is 1.48. The molecular formula is C13H21ClN2O. The number of rotatable bonds is 6. The Hall–Kier alpha value is -0.770. The molecule has 4 heteroatoms. The third-order valence-electron chi connectivity index (χ3n) is 2.67. The average molecular weight is 257 g/mol. The summed E-state index contributed by atoms with van der Waals surface area (Å²) in [4.78, 5) is 2.09. The molecular weight excluding hydrogens is 236 g/mol. The van der Waals surface area contributed by atoms with Crippen molar-refractivity contribution in [3.63, 3.8) is 0 Å². The molecule has 1 N–H and O–H groups in total. The Kier molecular flexibility index (Phi) is 5.75. The van der Waals surface area contributed by atoms with Crippen LogP contribution in [0.1, 0.15) is 18.5 Å². The SMILES string of the molecule is CNC(C)c1cc(Cl)ccc1OCCN(C)C. The number of halogens is 1. The maximum atomic E-state index is 6.01. The van der Waals surface area contributed by atoms with Crippen molar-refractivity contribution in [1.29, 1.82) is 0 Å². The lowest BCUT2D eigenvalue weighted by molar-refractivity contribution is 0.258. The molecule has 1 aromatic rings. The Morgan fingerprint density at radius 3 is 2.71 bits per heavy atom. The molecule has 1 atom stereocenters. The average Bonchev–Trinajstić information content (AvgIpc) is 2.29. The fourth-order valence-corrected chi connectivity index (χ4v) is 1.66. The highest BCUT2D eigenvalue weighted by Gasteiger charge is 2.10. The minimum atomic E-state index is 0.225. The molecule has 17 heavy (non-hydrogen) atoms. The van der Waals surface area contributed by atoms with Crippen LogP contribution in [0.25, 0.3) is 0 Å². The Morgan fingerprint density at radius 2 is 2.12 bits per heavy atom. The summed E-state index contributed by atoms with van der Waals surface area (Å²) < 4.78 is 5.79. The summed E-state index contributed by atoms with van der Waals surface area (Å²) in [5.74, 6) is 0.901. The summed E-state index contributed by atoms with van der Waals surface area (Å²) in [5, 5.41) is 3.94. The molecule has 0 bridgehead atoms. The molecule has 0 saturated carbocycles. The summed E-state index contributed by atoms with van der Waals surface area (Å²) >= 11 is 6.01. The van der Waals surface area contributed by atoms with Crippen LogP contribution < -0.4 is 10.1 Å². The van der Waals surface area contributed by atoms with Gasteiger partial charge in [-0.3, -0.25) is 0 Å². The first-order valence-corrected chi connectivity index (χ1v) is 6.16. The van der Waals surface area contributed by atoms with Gasteiger partial charge in [-0.15, -0.1) is 0 Å². The van der Waals surface area contributed by atoms with Crippen LogP contribution >= 0.6 is 11.6 Å². The predicted octanol–water partition coefficient (Wildman–Crippen LogP) is 2.56. The zero-order chi connectivity index (χ0) is 12.8. The van der Waals surface area contributed by atoms with Gasteiger partial charge in [0.2, 0.25) is 0 Å². The molecule has 0 aliphatic heterocycles. The second kappa shape index (κ2) is 6.84. The van der Waals surface area contributed by atoms with Gasteiger partial charge >= 0.3 is 0 Å². The predicted molar refractivity (Wildman–Crippen MR) is 73.0 cm³/mol. The maximum absolute atomic E-state index is 6.01. The van der Waals surface area contributed by atoms with Crippen molar-refractivity contribution in [3.8, 4) is 5.75 Å². The Bertz CT molecular complexity index is 355. The van der Waals surface area contributed by atoms with Crippen molar-refractivity contribution >= 4 is 11.6 Å². The van der Waals surface area contributed by atoms with Gasteiger partial charge in [-0.1, -0.05) is 11.6 Å². The number of likely N-dealkylation sites (N-methyl/N-ethyl adjacent to an activating group) is 1. The third-order valence-corrected chi connectivity index (χ3v) is 2.90. The summed E-state index contributed by atoms with van der Waals surface area (Å²) in [7, 11) is 5.99. The van der Waals surface area contributed by atoms with E-state index in [4.69, 9.17) is 16.3 Å². The Morgan fingerprint density at radius 1 is 1.41 bits per heavy atom. The maximum Gasteiger partial charge on any atom is 0.124 e. The smallest absolute Gasteiger partial charge is 0.124 e. The van der Waals surface area contributed by atoms with E-state index < -0.39 is 0 Å². The van der Waals surface area contributed by atoms with Crippen LogP contribution in [0, 0.1) is 0 Å². The van der Waals surface area contributed by atoms with Crippen LogP contribution in [0.4, 0.5) is 0 Å². The van der Waals surface area contributed by atoms with Gasteiger partial charge in [0.05, 0.1) is 0 Å². The van der Waals surface area contributed by atoms with Gasteiger partial charge in [-0.05, 0) is 46.3 Å². The lowest BCUT2D eigenvalue weighted by Gasteiger charge is -2.18. The lowest BCUT2D eigenvalue weighted by Crippen LogP contribution is -2.20. The van der Waals surface area contributed by atoms with E-state index in [1.165, 1.54) is 0 Å². The Balaban J connectivity index is 2.76. The van der Waals surface area contributed by atoms with Crippen LogP contribution in [0.5, 0.6) is 5.75 Å². The monoisotopic (exact) mass is 256 g/mol.